The molecule has 0 saturated carbocycles. The quantitative estimate of drug-likeness (QED) is 0.408. The Labute approximate surface area is 106 Å². The fourth-order valence-electron chi connectivity index (χ4n) is 1.24. The number of carbonyl (C=O) groups is 1. The highest BCUT2D eigenvalue weighted by Crippen LogP contribution is 2.23. The van der Waals surface area contributed by atoms with Crippen molar-refractivity contribution in [1.29, 1.82) is 0 Å². The smallest absolute Gasteiger partial charge is 0.321 e. The molecule has 18 heavy (non-hydrogen) atoms. The first-order chi connectivity index (χ1) is 8.63. The third kappa shape index (κ3) is 5.03. The Morgan fingerprint density at radius 1 is 1.39 bits per heavy atom. The lowest BCUT2D eigenvalue weighted by atomic mass is 10.2. The summed E-state index contributed by atoms with van der Waals surface area (Å²) in [5.74, 6) is 0.0328. The van der Waals surface area contributed by atoms with Gasteiger partial charge in [-0.05, 0) is 24.6 Å². The second kappa shape index (κ2) is 7.52. The van der Waals surface area contributed by atoms with E-state index in [2.05, 4.69) is 10.6 Å². The lowest BCUT2D eigenvalue weighted by molar-refractivity contribution is 0.0650. The van der Waals surface area contributed by atoms with Crippen LogP contribution in [0.5, 0.6) is 5.75 Å². The van der Waals surface area contributed by atoms with Crippen molar-refractivity contribution in [2.24, 2.45) is 0 Å². The van der Waals surface area contributed by atoms with Crippen LogP contribution in [0.25, 0.3) is 0 Å². The Morgan fingerprint density at radius 2 is 2.17 bits per heavy atom. The average molecular weight is 254 g/mol. The predicted molar refractivity (Wildman–Crippen MR) is 67.7 cm³/mol. The zero-order valence-corrected chi connectivity index (χ0v) is 10.5. The Balaban J connectivity index is 2.31. The summed E-state index contributed by atoms with van der Waals surface area (Å²) in [7, 11) is 1.57. The fraction of sp³-hybridized carbons (Fsp3) is 0.417. The van der Waals surface area contributed by atoms with Gasteiger partial charge in [-0.1, -0.05) is 6.07 Å². The van der Waals surface area contributed by atoms with Crippen LogP contribution in [0.4, 0.5) is 10.5 Å². The van der Waals surface area contributed by atoms with Gasteiger partial charge >= 0.3 is 6.03 Å². The van der Waals surface area contributed by atoms with Gasteiger partial charge in [0.05, 0.1) is 18.9 Å². The molecule has 6 heteroatoms. The average Bonchev–Trinajstić information content (AvgIpc) is 2.32. The standard InChI is InChI=1S/C12H18N2O4/c1-9-3-4-10(11(15)7-9)14-12(16)13-8-18-6-5-17-2/h3-4,7,15H,5-6,8H2,1-2H3,(H2,13,14,16). The highest BCUT2D eigenvalue weighted by atomic mass is 16.5. The molecule has 1 aromatic rings. The fourth-order valence-corrected chi connectivity index (χ4v) is 1.24. The zero-order valence-electron chi connectivity index (χ0n) is 10.5. The maximum absolute atomic E-state index is 11.4. The van der Waals surface area contributed by atoms with Crippen molar-refractivity contribution in [3.63, 3.8) is 0 Å². The summed E-state index contributed by atoms with van der Waals surface area (Å²) in [6, 6.07) is 4.57. The third-order valence-electron chi connectivity index (χ3n) is 2.17. The summed E-state index contributed by atoms with van der Waals surface area (Å²) in [6.45, 7) is 2.82. The predicted octanol–water partition coefficient (Wildman–Crippen LogP) is 1.44. The van der Waals surface area contributed by atoms with E-state index in [-0.39, 0.29) is 12.5 Å². The van der Waals surface area contributed by atoms with Gasteiger partial charge in [0.1, 0.15) is 12.5 Å². The van der Waals surface area contributed by atoms with Crippen LogP contribution in [0.2, 0.25) is 0 Å². The Morgan fingerprint density at radius 3 is 2.83 bits per heavy atom. The normalized spacial score (nSPS) is 10.1. The van der Waals surface area contributed by atoms with Crippen molar-refractivity contribution in [2.45, 2.75) is 6.92 Å². The van der Waals surface area contributed by atoms with Crippen LogP contribution in [0, 0.1) is 6.92 Å². The molecule has 2 amide bonds. The Hall–Kier alpha value is -1.79. The van der Waals surface area contributed by atoms with Crippen LogP contribution in [-0.2, 0) is 9.47 Å². The van der Waals surface area contributed by atoms with Gasteiger partial charge in [0.15, 0.2) is 0 Å². The number of hydrogen-bond acceptors (Lipinski definition) is 4. The molecule has 0 bridgehead atoms. The molecule has 0 radical (unpaired) electrons. The minimum absolute atomic E-state index is 0.0328. The van der Waals surface area contributed by atoms with Gasteiger partial charge < -0.3 is 25.2 Å². The summed E-state index contributed by atoms with van der Waals surface area (Å²) in [6.07, 6.45) is 0. The van der Waals surface area contributed by atoms with Gasteiger partial charge in [-0.3, -0.25) is 0 Å². The molecular weight excluding hydrogens is 236 g/mol. The molecule has 1 aromatic carbocycles. The number of phenolic OH excluding ortho intramolecular Hbond substituents is 1. The molecule has 0 spiro atoms. The highest BCUT2D eigenvalue weighted by Gasteiger charge is 2.05. The number of hydrogen-bond donors (Lipinski definition) is 3. The van der Waals surface area contributed by atoms with Crippen LogP contribution in [0.1, 0.15) is 5.56 Å². The van der Waals surface area contributed by atoms with Crippen LogP contribution in [0.15, 0.2) is 18.2 Å². The number of nitrogens with one attached hydrogen (secondary N) is 2. The number of rotatable bonds is 6. The number of methoxy groups -OCH3 is 1. The van der Waals surface area contributed by atoms with E-state index in [1.54, 1.807) is 25.3 Å². The first-order valence-corrected chi connectivity index (χ1v) is 5.54. The van der Waals surface area contributed by atoms with E-state index in [0.717, 1.165) is 5.56 Å². The van der Waals surface area contributed by atoms with Crippen LogP contribution in [0.3, 0.4) is 0 Å². The van der Waals surface area contributed by atoms with Crippen molar-refractivity contribution in [2.75, 3.05) is 32.4 Å². The van der Waals surface area contributed by atoms with E-state index in [1.165, 1.54) is 0 Å². The number of ether oxygens (including phenoxy) is 2. The maximum Gasteiger partial charge on any atom is 0.321 e. The van der Waals surface area contributed by atoms with Gasteiger partial charge in [-0.25, -0.2) is 4.79 Å². The van der Waals surface area contributed by atoms with E-state index in [4.69, 9.17) is 9.47 Å². The van der Waals surface area contributed by atoms with Crippen LogP contribution >= 0.6 is 0 Å². The van der Waals surface area contributed by atoms with E-state index in [1.807, 2.05) is 6.92 Å². The molecule has 0 unspecified atom stereocenters. The van der Waals surface area contributed by atoms with Gasteiger partial charge in [0.2, 0.25) is 0 Å². The maximum atomic E-state index is 11.4. The second-order valence-electron chi connectivity index (χ2n) is 3.70. The summed E-state index contributed by atoms with van der Waals surface area (Å²) < 4.78 is 9.86. The number of anilines is 1. The molecular formula is C12H18N2O4. The monoisotopic (exact) mass is 254 g/mol. The van der Waals surface area contributed by atoms with Gasteiger partial charge in [-0.2, -0.15) is 0 Å². The number of benzene rings is 1. The Kier molecular flexibility index (Phi) is 5.96. The number of aryl methyl sites for hydroxylation is 1. The first-order valence-electron chi connectivity index (χ1n) is 5.54. The molecule has 0 aliphatic carbocycles. The van der Waals surface area contributed by atoms with E-state index in [9.17, 15) is 9.90 Å². The topological polar surface area (TPSA) is 79.8 Å². The lowest BCUT2D eigenvalue weighted by Gasteiger charge is -2.09. The zero-order chi connectivity index (χ0) is 13.4. The molecule has 0 fully saturated rings. The number of phenols is 1. The van der Waals surface area contributed by atoms with Crippen molar-refractivity contribution in [3.05, 3.63) is 23.8 Å². The largest absolute Gasteiger partial charge is 0.506 e. The van der Waals surface area contributed by atoms with Crippen molar-refractivity contribution in [1.82, 2.24) is 5.32 Å². The summed E-state index contributed by atoms with van der Waals surface area (Å²) in [5.41, 5.74) is 1.27. The summed E-state index contributed by atoms with van der Waals surface area (Å²) in [4.78, 5) is 11.4. The minimum atomic E-state index is -0.438. The molecule has 1 rings (SSSR count). The van der Waals surface area contributed by atoms with Gasteiger partial charge in [0.25, 0.3) is 0 Å². The van der Waals surface area contributed by atoms with Gasteiger partial charge in [0, 0.05) is 7.11 Å². The van der Waals surface area contributed by atoms with E-state index in [0.29, 0.717) is 18.9 Å². The van der Waals surface area contributed by atoms with Crippen LogP contribution in [-0.4, -0.2) is 38.2 Å². The highest BCUT2D eigenvalue weighted by molar-refractivity contribution is 5.90. The molecule has 0 atom stereocenters. The van der Waals surface area contributed by atoms with E-state index < -0.39 is 6.03 Å². The van der Waals surface area contributed by atoms with Crippen LogP contribution < -0.4 is 10.6 Å². The molecule has 3 N–H and O–H groups in total. The first kappa shape index (κ1) is 14.3. The number of carbonyl (C=O) groups excluding carboxylic acids is 1. The van der Waals surface area contributed by atoms with Crippen molar-refractivity contribution in [3.8, 4) is 5.75 Å². The number of urea groups is 1. The Bertz CT molecular complexity index is 396. The number of amides is 2. The molecule has 0 saturated heterocycles. The molecule has 100 valence electrons. The van der Waals surface area contributed by atoms with E-state index >= 15 is 0 Å². The molecule has 0 aliphatic heterocycles. The second-order valence-corrected chi connectivity index (χ2v) is 3.70. The SMILES string of the molecule is COCCOCNC(=O)Nc1ccc(C)cc1O. The van der Waals surface area contributed by atoms with Crippen molar-refractivity contribution >= 4 is 11.7 Å². The number of aromatic hydroxyl groups is 1. The molecule has 6 nitrogen and oxygen atoms in total. The third-order valence-corrected chi connectivity index (χ3v) is 2.17. The van der Waals surface area contributed by atoms with Crippen molar-refractivity contribution < 1.29 is 19.4 Å². The summed E-state index contributed by atoms with van der Waals surface area (Å²) >= 11 is 0. The van der Waals surface area contributed by atoms with Gasteiger partial charge in [-0.15, -0.1) is 0 Å². The molecule has 0 heterocycles. The molecule has 0 aromatic heterocycles. The lowest BCUT2D eigenvalue weighted by Crippen LogP contribution is -2.31. The minimum Gasteiger partial charge on any atom is -0.506 e. The molecule has 0 aliphatic rings. The summed E-state index contributed by atoms with van der Waals surface area (Å²) in [5, 5.41) is 14.6.